The number of benzene rings is 2. The Morgan fingerprint density at radius 1 is 1.24 bits per heavy atom. The third-order valence-corrected chi connectivity index (χ3v) is 3.70. The number of aromatic nitrogens is 1. The van der Waals surface area contributed by atoms with Crippen molar-refractivity contribution < 1.29 is 4.39 Å². The van der Waals surface area contributed by atoms with Gasteiger partial charge in [0, 0.05) is 10.9 Å². The fourth-order valence-electron chi connectivity index (χ4n) is 2.20. The van der Waals surface area contributed by atoms with Gasteiger partial charge < -0.3 is 10.3 Å². The molecule has 3 rings (SSSR count). The number of aromatic amines is 1. The lowest BCUT2D eigenvalue weighted by atomic mass is 10.2. The first-order valence-electron chi connectivity index (χ1n) is 6.37. The van der Waals surface area contributed by atoms with E-state index in [-0.39, 0.29) is 0 Å². The van der Waals surface area contributed by atoms with E-state index in [1.165, 1.54) is 6.07 Å². The van der Waals surface area contributed by atoms with Gasteiger partial charge in [0.05, 0.1) is 34.6 Å². The van der Waals surface area contributed by atoms with Crippen LogP contribution in [0.4, 0.5) is 10.1 Å². The van der Waals surface area contributed by atoms with Gasteiger partial charge in [-0.05, 0) is 24.3 Å². The number of hydrogen-bond donors (Lipinski definition) is 2. The number of H-pyrrole nitrogens is 1. The van der Waals surface area contributed by atoms with E-state index in [9.17, 15) is 4.39 Å². The molecule has 0 saturated heterocycles. The van der Waals surface area contributed by atoms with Gasteiger partial charge in [0.1, 0.15) is 5.82 Å². The van der Waals surface area contributed by atoms with Crippen LogP contribution in [0, 0.1) is 17.1 Å². The topological polar surface area (TPSA) is 51.6 Å². The Labute approximate surface area is 126 Å². The first-order chi connectivity index (χ1) is 10.2. The second-order valence-corrected chi connectivity index (χ2v) is 5.00. The molecule has 1 heterocycles. The Kier molecular flexibility index (Phi) is 3.51. The summed E-state index contributed by atoms with van der Waals surface area (Å²) in [4.78, 5) is 3.21. The highest BCUT2D eigenvalue weighted by Gasteiger charge is 2.10. The first-order valence-corrected chi connectivity index (χ1v) is 6.75. The van der Waals surface area contributed by atoms with Crippen LogP contribution in [-0.2, 0) is 6.54 Å². The van der Waals surface area contributed by atoms with E-state index in [0.717, 1.165) is 16.6 Å². The number of nitrogens with zero attached hydrogens (tertiary/aromatic N) is 1. The van der Waals surface area contributed by atoms with Gasteiger partial charge in [-0.25, -0.2) is 4.39 Å². The Bertz CT molecular complexity index is 848. The maximum atomic E-state index is 13.8. The molecule has 0 bridgehead atoms. The Hall–Kier alpha value is -2.51. The van der Waals surface area contributed by atoms with E-state index in [1.54, 1.807) is 12.1 Å². The highest BCUT2D eigenvalue weighted by molar-refractivity contribution is 6.36. The summed E-state index contributed by atoms with van der Waals surface area (Å²) in [6.45, 7) is 0.371. The highest BCUT2D eigenvalue weighted by Crippen LogP contribution is 2.28. The molecule has 0 amide bonds. The van der Waals surface area contributed by atoms with Crippen molar-refractivity contribution in [2.24, 2.45) is 0 Å². The third-order valence-electron chi connectivity index (χ3n) is 3.27. The molecule has 0 fully saturated rings. The van der Waals surface area contributed by atoms with Gasteiger partial charge in [0.25, 0.3) is 0 Å². The zero-order valence-corrected chi connectivity index (χ0v) is 11.7. The molecule has 0 unspecified atom stereocenters. The van der Waals surface area contributed by atoms with Crippen molar-refractivity contribution in [2.75, 3.05) is 5.32 Å². The Balaban J connectivity index is 1.84. The summed E-state index contributed by atoms with van der Waals surface area (Å²) in [6.07, 6.45) is 0. The molecule has 2 N–H and O–H groups in total. The minimum absolute atomic E-state index is 0.293. The number of halogens is 2. The number of fused-ring (bicyclic) bond motifs is 1. The zero-order chi connectivity index (χ0) is 14.8. The van der Waals surface area contributed by atoms with Gasteiger partial charge in [-0.3, -0.25) is 0 Å². The molecule has 1 aromatic heterocycles. The summed E-state index contributed by atoms with van der Waals surface area (Å²) in [5.74, 6) is -0.457. The summed E-state index contributed by atoms with van der Waals surface area (Å²) in [7, 11) is 0. The Morgan fingerprint density at radius 2 is 2.05 bits per heavy atom. The van der Waals surface area contributed by atoms with Crippen molar-refractivity contribution in [3.8, 4) is 6.07 Å². The van der Waals surface area contributed by atoms with Gasteiger partial charge in [-0.1, -0.05) is 29.8 Å². The second kappa shape index (κ2) is 5.47. The van der Waals surface area contributed by atoms with Crippen LogP contribution in [0.25, 0.3) is 10.9 Å². The standard InChI is InChI=1S/C16H11ClFN3/c17-16-11-3-1-2-4-13(11)21-15(16)9-20-14-6-5-10(8-19)7-12(14)18/h1-7,20-21H,9H2. The molecule has 0 radical (unpaired) electrons. The van der Waals surface area contributed by atoms with Gasteiger partial charge in [0.15, 0.2) is 0 Å². The van der Waals surface area contributed by atoms with E-state index in [1.807, 2.05) is 30.3 Å². The van der Waals surface area contributed by atoms with Crippen molar-refractivity contribution in [3.63, 3.8) is 0 Å². The number of nitriles is 1. The molecule has 5 heteroatoms. The molecule has 0 aliphatic carbocycles. The lowest BCUT2D eigenvalue weighted by Gasteiger charge is -2.07. The van der Waals surface area contributed by atoms with Crippen molar-refractivity contribution in [1.29, 1.82) is 5.26 Å². The molecule has 21 heavy (non-hydrogen) atoms. The molecule has 3 aromatic rings. The van der Waals surface area contributed by atoms with Crippen LogP contribution in [0.15, 0.2) is 42.5 Å². The predicted octanol–water partition coefficient (Wildman–Crippen LogP) is 4.44. The first kappa shape index (κ1) is 13.5. The fraction of sp³-hybridized carbons (Fsp3) is 0.0625. The van der Waals surface area contributed by atoms with E-state index < -0.39 is 5.82 Å². The number of para-hydroxylation sites is 1. The Morgan fingerprint density at radius 3 is 2.76 bits per heavy atom. The smallest absolute Gasteiger partial charge is 0.147 e. The van der Waals surface area contributed by atoms with Gasteiger partial charge in [-0.2, -0.15) is 5.26 Å². The van der Waals surface area contributed by atoms with Crippen LogP contribution < -0.4 is 5.32 Å². The average Bonchev–Trinajstić information content (AvgIpc) is 2.83. The number of anilines is 1. The lowest BCUT2D eigenvalue weighted by molar-refractivity contribution is 0.629. The molecule has 0 spiro atoms. The highest BCUT2D eigenvalue weighted by atomic mass is 35.5. The molecule has 3 nitrogen and oxygen atoms in total. The van der Waals surface area contributed by atoms with Crippen LogP contribution >= 0.6 is 11.6 Å². The lowest BCUT2D eigenvalue weighted by Crippen LogP contribution is -2.02. The molecule has 104 valence electrons. The predicted molar refractivity (Wildman–Crippen MR) is 81.8 cm³/mol. The van der Waals surface area contributed by atoms with Gasteiger partial charge in [0.2, 0.25) is 0 Å². The van der Waals surface area contributed by atoms with E-state index >= 15 is 0 Å². The largest absolute Gasteiger partial charge is 0.377 e. The van der Waals surface area contributed by atoms with Crippen LogP contribution in [-0.4, -0.2) is 4.98 Å². The van der Waals surface area contributed by atoms with Gasteiger partial charge in [-0.15, -0.1) is 0 Å². The molecular weight excluding hydrogens is 289 g/mol. The van der Waals surface area contributed by atoms with Crippen molar-refractivity contribution in [1.82, 2.24) is 4.98 Å². The van der Waals surface area contributed by atoms with Crippen molar-refractivity contribution in [2.45, 2.75) is 6.54 Å². The minimum Gasteiger partial charge on any atom is -0.377 e. The van der Waals surface area contributed by atoms with Gasteiger partial charge >= 0.3 is 0 Å². The molecule has 2 aromatic carbocycles. The molecule has 0 saturated carbocycles. The van der Waals surface area contributed by atoms with Crippen molar-refractivity contribution >= 4 is 28.2 Å². The molecular formula is C16H11ClFN3. The number of hydrogen-bond acceptors (Lipinski definition) is 2. The van der Waals surface area contributed by atoms with E-state index in [0.29, 0.717) is 22.8 Å². The molecule has 0 aliphatic heterocycles. The second-order valence-electron chi connectivity index (χ2n) is 4.62. The van der Waals surface area contributed by atoms with Crippen LogP contribution in [0.3, 0.4) is 0 Å². The summed E-state index contributed by atoms with van der Waals surface area (Å²) >= 11 is 6.30. The zero-order valence-electron chi connectivity index (χ0n) is 11.0. The fourth-order valence-corrected chi connectivity index (χ4v) is 2.48. The van der Waals surface area contributed by atoms with Crippen LogP contribution in [0.2, 0.25) is 5.02 Å². The van der Waals surface area contributed by atoms with E-state index in [2.05, 4.69) is 10.3 Å². The SMILES string of the molecule is N#Cc1ccc(NCc2[nH]c3ccccc3c2Cl)c(F)c1. The normalized spacial score (nSPS) is 10.5. The third kappa shape index (κ3) is 2.56. The minimum atomic E-state index is -0.457. The molecule has 0 atom stereocenters. The number of nitrogens with one attached hydrogen (secondary N) is 2. The quantitative estimate of drug-likeness (QED) is 0.751. The maximum absolute atomic E-state index is 13.8. The molecule has 0 aliphatic rings. The summed E-state index contributed by atoms with van der Waals surface area (Å²) in [5.41, 5.74) is 2.37. The van der Waals surface area contributed by atoms with Crippen LogP contribution in [0.5, 0.6) is 0 Å². The van der Waals surface area contributed by atoms with Crippen molar-refractivity contribution in [3.05, 3.63) is 64.6 Å². The van der Waals surface area contributed by atoms with E-state index in [4.69, 9.17) is 16.9 Å². The summed E-state index contributed by atoms with van der Waals surface area (Å²) in [6, 6.07) is 13.9. The summed E-state index contributed by atoms with van der Waals surface area (Å²) in [5, 5.41) is 13.3. The number of rotatable bonds is 3. The maximum Gasteiger partial charge on any atom is 0.147 e. The average molecular weight is 300 g/mol. The summed E-state index contributed by atoms with van der Waals surface area (Å²) < 4.78 is 13.8. The monoisotopic (exact) mass is 299 g/mol. The van der Waals surface area contributed by atoms with Crippen LogP contribution in [0.1, 0.15) is 11.3 Å².